The molecule has 1 aromatic carbocycles. The summed E-state index contributed by atoms with van der Waals surface area (Å²) in [7, 11) is 0. The van der Waals surface area contributed by atoms with Gasteiger partial charge < -0.3 is 15.4 Å². The topological polar surface area (TPSA) is 102 Å². The van der Waals surface area contributed by atoms with Gasteiger partial charge in [-0.1, -0.05) is 12.1 Å². The van der Waals surface area contributed by atoms with Crippen molar-refractivity contribution in [3.63, 3.8) is 0 Å². The van der Waals surface area contributed by atoms with E-state index in [9.17, 15) is 19.2 Å². The lowest BCUT2D eigenvalue weighted by Crippen LogP contribution is -2.30. The third-order valence-electron chi connectivity index (χ3n) is 4.85. The highest BCUT2D eigenvalue weighted by Crippen LogP contribution is 2.38. The van der Waals surface area contributed by atoms with Crippen LogP contribution < -0.4 is 10.6 Å². The van der Waals surface area contributed by atoms with Crippen LogP contribution in [0.5, 0.6) is 0 Å². The average molecular weight is 429 g/mol. The average Bonchev–Trinajstić information content (AvgIpc) is 3.05. The van der Waals surface area contributed by atoms with E-state index in [1.807, 2.05) is 0 Å². The van der Waals surface area contributed by atoms with Crippen LogP contribution in [0.4, 0.5) is 10.7 Å². The molecule has 2 aromatic rings. The van der Waals surface area contributed by atoms with Gasteiger partial charge in [-0.25, -0.2) is 4.79 Å². The van der Waals surface area contributed by atoms with Crippen LogP contribution in [0.3, 0.4) is 0 Å². The van der Waals surface area contributed by atoms with Gasteiger partial charge in [-0.3, -0.25) is 14.4 Å². The van der Waals surface area contributed by atoms with Gasteiger partial charge in [0.1, 0.15) is 5.00 Å². The Kier molecular flexibility index (Phi) is 6.66. The number of ketones is 1. The van der Waals surface area contributed by atoms with Gasteiger partial charge >= 0.3 is 5.97 Å². The Morgan fingerprint density at radius 2 is 1.80 bits per heavy atom. The molecule has 0 saturated carbocycles. The minimum Gasteiger partial charge on any atom is -0.449 e. The second kappa shape index (κ2) is 9.21. The van der Waals surface area contributed by atoms with Crippen LogP contribution in [0.2, 0.25) is 0 Å². The van der Waals surface area contributed by atoms with Crippen molar-refractivity contribution in [1.29, 1.82) is 0 Å². The SMILES string of the molecule is CC(=O)Nc1sc2c(c1C(=O)O[C@H](C)C(=O)Nc1cccc(C(C)=O)c1)CCCC2. The number of benzene rings is 1. The predicted octanol–water partition coefficient (Wildman–Crippen LogP) is 3.97. The lowest BCUT2D eigenvalue weighted by molar-refractivity contribution is -0.123. The molecule has 7 nitrogen and oxygen atoms in total. The highest BCUT2D eigenvalue weighted by atomic mass is 32.1. The first-order chi connectivity index (χ1) is 14.3. The highest BCUT2D eigenvalue weighted by Gasteiger charge is 2.29. The van der Waals surface area contributed by atoms with E-state index in [-0.39, 0.29) is 11.7 Å². The molecule has 1 aliphatic carbocycles. The van der Waals surface area contributed by atoms with Crippen LogP contribution in [0.15, 0.2) is 24.3 Å². The van der Waals surface area contributed by atoms with Crippen molar-refractivity contribution in [3.8, 4) is 0 Å². The number of ether oxygens (including phenoxy) is 1. The van der Waals surface area contributed by atoms with E-state index < -0.39 is 18.0 Å². The molecular weight excluding hydrogens is 404 g/mol. The van der Waals surface area contributed by atoms with Crippen LogP contribution in [0.25, 0.3) is 0 Å². The summed E-state index contributed by atoms with van der Waals surface area (Å²) in [6.45, 7) is 4.32. The molecule has 0 aliphatic heterocycles. The molecule has 3 rings (SSSR count). The molecule has 158 valence electrons. The van der Waals surface area contributed by atoms with E-state index in [0.717, 1.165) is 36.1 Å². The number of nitrogens with one attached hydrogen (secondary N) is 2. The predicted molar refractivity (Wildman–Crippen MR) is 115 cm³/mol. The normalized spacial score (nSPS) is 13.7. The molecule has 0 radical (unpaired) electrons. The van der Waals surface area contributed by atoms with E-state index in [1.165, 1.54) is 32.1 Å². The lowest BCUT2D eigenvalue weighted by Gasteiger charge is -2.16. The monoisotopic (exact) mass is 428 g/mol. The maximum absolute atomic E-state index is 12.9. The van der Waals surface area contributed by atoms with E-state index in [4.69, 9.17) is 4.74 Å². The molecule has 0 unspecified atom stereocenters. The highest BCUT2D eigenvalue weighted by molar-refractivity contribution is 7.17. The van der Waals surface area contributed by atoms with Crippen molar-refractivity contribution < 1.29 is 23.9 Å². The van der Waals surface area contributed by atoms with Gasteiger partial charge in [-0.05, 0) is 57.2 Å². The molecule has 1 atom stereocenters. The number of rotatable bonds is 6. The number of amides is 2. The van der Waals surface area contributed by atoms with Crippen LogP contribution in [0, 0.1) is 0 Å². The number of aryl methyl sites for hydroxylation is 1. The van der Waals surface area contributed by atoms with Gasteiger partial charge in [0.15, 0.2) is 11.9 Å². The fourth-order valence-electron chi connectivity index (χ4n) is 3.36. The Bertz CT molecular complexity index is 1010. The van der Waals surface area contributed by atoms with Gasteiger partial charge in [0.25, 0.3) is 5.91 Å². The molecule has 30 heavy (non-hydrogen) atoms. The van der Waals surface area contributed by atoms with Crippen molar-refractivity contribution >= 4 is 45.6 Å². The van der Waals surface area contributed by atoms with Crippen molar-refractivity contribution in [2.24, 2.45) is 0 Å². The van der Waals surface area contributed by atoms with Gasteiger partial charge in [0.05, 0.1) is 5.56 Å². The summed E-state index contributed by atoms with van der Waals surface area (Å²) in [5.74, 6) is -1.51. The first kappa shape index (κ1) is 21.7. The van der Waals surface area contributed by atoms with Gasteiger partial charge in [0.2, 0.25) is 5.91 Å². The summed E-state index contributed by atoms with van der Waals surface area (Å²) in [6.07, 6.45) is 2.56. The summed E-state index contributed by atoms with van der Waals surface area (Å²) >= 11 is 1.40. The third kappa shape index (κ3) is 4.94. The zero-order valence-corrected chi connectivity index (χ0v) is 18.0. The van der Waals surface area contributed by atoms with E-state index >= 15 is 0 Å². The number of esters is 1. The molecule has 0 saturated heterocycles. The number of hydrogen-bond acceptors (Lipinski definition) is 6. The molecule has 0 fully saturated rings. The van der Waals surface area contributed by atoms with Crippen LogP contribution in [0.1, 0.15) is 64.8 Å². The molecule has 1 heterocycles. The van der Waals surface area contributed by atoms with Crippen molar-refractivity contribution in [3.05, 3.63) is 45.8 Å². The number of anilines is 2. The minimum absolute atomic E-state index is 0.113. The van der Waals surface area contributed by atoms with E-state index in [1.54, 1.807) is 24.3 Å². The third-order valence-corrected chi connectivity index (χ3v) is 6.06. The second-order valence-electron chi connectivity index (χ2n) is 7.27. The molecule has 0 spiro atoms. The van der Waals surface area contributed by atoms with Crippen LogP contribution >= 0.6 is 11.3 Å². The molecule has 0 bridgehead atoms. The zero-order chi connectivity index (χ0) is 21.8. The summed E-state index contributed by atoms with van der Waals surface area (Å²) in [5.41, 5.74) is 2.18. The number of hydrogen-bond donors (Lipinski definition) is 2. The first-order valence-electron chi connectivity index (χ1n) is 9.81. The Morgan fingerprint density at radius 1 is 1.07 bits per heavy atom. The fourth-order valence-corrected chi connectivity index (χ4v) is 4.69. The summed E-state index contributed by atoms with van der Waals surface area (Å²) in [5, 5.41) is 5.85. The Labute approximate surface area is 178 Å². The molecular formula is C22H24N2O5S. The van der Waals surface area contributed by atoms with Crippen LogP contribution in [-0.2, 0) is 27.2 Å². The Hall–Kier alpha value is -3.00. The Morgan fingerprint density at radius 3 is 2.50 bits per heavy atom. The molecule has 1 aliphatic rings. The smallest absolute Gasteiger partial charge is 0.342 e. The maximum Gasteiger partial charge on any atom is 0.342 e. The van der Waals surface area contributed by atoms with Crippen molar-refractivity contribution in [1.82, 2.24) is 0 Å². The number of fused-ring (bicyclic) bond motifs is 1. The minimum atomic E-state index is -1.05. The van der Waals surface area contributed by atoms with Crippen molar-refractivity contribution in [2.75, 3.05) is 10.6 Å². The first-order valence-corrected chi connectivity index (χ1v) is 10.6. The standard InChI is InChI=1S/C22H24N2O5S/c1-12(25)15-7-6-8-16(11-15)24-20(27)13(2)29-22(28)19-17-9-4-5-10-18(17)30-21(19)23-14(3)26/h6-8,11,13H,4-5,9-10H2,1-3H3,(H,23,26)(H,24,27)/t13-/m1/s1. The zero-order valence-electron chi connectivity index (χ0n) is 17.2. The summed E-state index contributed by atoms with van der Waals surface area (Å²) < 4.78 is 5.43. The molecule has 8 heteroatoms. The molecule has 1 aromatic heterocycles. The number of carbonyl (C=O) groups is 4. The van der Waals surface area contributed by atoms with Crippen molar-refractivity contribution in [2.45, 2.75) is 52.6 Å². The summed E-state index contributed by atoms with van der Waals surface area (Å²) in [4.78, 5) is 49.6. The molecule has 2 amide bonds. The van der Waals surface area contributed by atoms with Crippen LogP contribution in [-0.4, -0.2) is 29.7 Å². The summed E-state index contributed by atoms with van der Waals surface area (Å²) in [6, 6.07) is 6.55. The van der Waals surface area contributed by atoms with Gasteiger partial charge in [-0.15, -0.1) is 11.3 Å². The number of Topliss-reactive ketones (excluding diaryl/α,β-unsaturated/α-hetero) is 1. The Balaban J connectivity index is 1.74. The van der Waals surface area contributed by atoms with E-state index in [0.29, 0.717) is 21.8 Å². The largest absolute Gasteiger partial charge is 0.449 e. The number of thiophene rings is 1. The van der Waals surface area contributed by atoms with Gasteiger partial charge in [0, 0.05) is 23.1 Å². The number of carbonyl (C=O) groups excluding carboxylic acids is 4. The molecule has 2 N–H and O–H groups in total. The maximum atomic E-state index is 12.9. The quantitative estimate of drug-likeness (QED) is 0.535. The fraction of sp³-hybridized carbons (Fsp3) is 0.364. The lowest BCUT2D eigenvalue weighted by atomic mass is 9.95. The van der Waals surface area contributed by atoms with Gasteiger partial charge in [-0.2, -0.15) is 0 Å². The van der Waals surface area contributed by atoms with E-state index in [2.05, 4.69) is 10.6 Å². The second-order valence-corrected chi connectivity index (χ2v) is 8.38.